The highest BCUT2D eigenvalue weighted by Crippen LogP contribution is 2.18. The average molecular weight is 384 g/mol. The molecule has 1 aliphatic heterocycles. The van der Waals surface area contributed by atoms with Gasteiger partial charge in [-0.1, -0.05) is 37.3 Å². The first-order valence-electron chi connectivity index (χ1n) is 9.49. The van der Waals surface area contributed by atoms with Crippen LogP contribution in [0.1, 0.15) is 44.3 Å². The van der Waals surface area contributed by atoms with Crippen LogP contribution in [0.25, 0.3) is 0 Å². The van der Waals surface area contributed by atoms with Crippen molar-refractivity contribution in [1.29, 1.82) is 0 Å². The maximum atomic E-state index is 10.9. The second-order valence-corrected chi connectivity index (χ2v) is 6.79. The summed E-state index contributed by atoms with van der Waals surface area (Å²) < 4.78 is 0. The predicted octanol–water partition coefficient (Wildman–Crippen LogP) is 3.05. The number of hydrogen-bond donors (Lipinski definition) is 3. The van der Waals surface area contributed by atoms with Crippen molar-refractivity contribution in [3.05, 3.63) is 70.3 Å². The first-order chi connectivity index (χ1) is 13.4. The molecule has 1 heterocycles. The van der Waals surface area contributed by atoms with Crippen molar-refractivity contribution >= 4 is 11.9 Å². The van der Waals surface area contributed by atoms with Gasteiger partial charge in [0.05, 0.1) is 11.1 Å². The van der Waals surface area contributed by atoms with Crippen LogP contribution in [0.15, 0.2) is 42.5 Å². The molecular weight excluding hydrogens is 356 g/mol. The average Bonchev–Trinajstić information content (AvgIpc) is 2.70. The minimum absolute atomic E-state index is 0.0618. The topological polar surface area (TPSA) is 89.9 Å². The highest BCUT2D eigenvalue weighted by Gasteiger charge is 2.16. The lowest BCUT2D eigenvalue weighted by Gasteiger charge is -2.27. The zero-order valence-electron chi connectivity index (χ0n) is 16.4. The summed E-state index contributed by atoms with van der Waals surface area (Å²) in [4.78, 5) is 24.2. The van der Waals surface area contributed by atoms with Crippen molar-refractivity contribution in [1.82, 2.24) is 10.2 Å². The van der Waals surface area contributed by atoms with Crippen molar-refractivity contribution < 1.29 is 19.8 Å². The van der Waals surface area contributed by atoms with Gasteiger partial charge in [0.2, 0.25) is 0 Å². The Morgan fingerprint density at radius 3 is 1.96 bits per heavy atom. The molecule has 0 aromatic heterocycles. The molecule has 6 heteroatoms. The second-order valence-electron chi connectivity index (χ2n) is 6.79. The molecule has 0 spiro atoms. The summed E-state index contributed by atoms with van der Waals surface area (Å²) in [6.45, 7) is 9.07. The summed E-state index contributed by atoms with van der Waals surface area (Å²) in [6.07, 6.45) is 0.612. The summed E-state index contributed by atoms with van der Waals surface area (Å²) in [7, 11) is 0. The number of hydrogen-bond acceptors (Lipinski definition) is 4. The van der Waals surface area contributed by atoms with E-state index in [0.29, 0.717) is 12.0 Å². The molecule has 0 amide bonds. The Hall–Kier alpha value is -2.70. The van der Waals surface area contributed by atoms with Gasteiger partial charge in [-0.05, 0) is 42.2 Å². The molecule has 1 aliphatic rings. The summed E-state index contributed by atoms with van der Waals surface area (Å²) in [5.41, 5.74) is 2.56. The van der Waals surface area contributed by atoms with Crippen molar-refractivity contribution in [3.8, 4) is 0 Å². The third-order valence-corrected chi connectivity index (χ3v) is 4.80. The van der Waals surface area contributed by atoms with E-state index in [-0.39, 0.29) is 11.1 Å². The standard InChI is InChI=1S/C11H16N2.C11H12O4/c1-2-4-11(5-3-1)10-13-8-6-12-7-9-13;1-3-7-4-8(10(12)13)6(2)9(5-7)11(14)15/h1-5,12H,6-10H2;4-5H,3H2,1-2H3,(H,12,13)(H,14,15). The summed E-state index contributed by atoms with van der Waals surface area (Å²) in [5, 5.41) is 21.2. The van der Waals surface area contributed by atoms with E-state index >= 15 is 0 Å². The van der Waals surface area contributed by atoms with Gasteiger partial charge in [0.1, 0.15) is 0 Å². The van der Waals surface area contributed by atoms with Gasteiger partial charge in [-0.2, -0.15) is 0 Å². The smallest absolute Gasteiger partial charge is 0.335 e. The van der Waals surface area contributed by atoms with E-state index in [2.05, 4.69) is 40.5 Å². The molecule has 0 bridgehead atoms. The Bertz CT molecular complexity index is 764. The molecule has 0 aliphatic carbocycles. The minimum atomic E-state index is -1.09. The van der Waals surface area contributed by atoms with Crippen LogP contribution in [0.4, 0.5) is 0 Å². The molecule has 2 aromatic carbocycles. The van der Waals surface area contributed by atoms with Crippen LogP contribution < -0.4 is 5.32 Å². The van der Waals surface area contributed by atoms with E-state index in [1.807, 2.05) is 6.92 Å². The molecule has 0 unspecified atom stereocenters. The summed E-state index contributed by atoms with van der Waals surface area (Å²) >= 11 is 0. The predicted molar refractivity (Wildman–Crippen MR) is 109 cm³/mol. The molecule has 0 atom stereocenters. The van der Waals surface area contributed by atoms with Crippen LogP contribution in [0.3, 0.4) is 0 Å². The lowest BCUT2D eigenvalue weighted by molar-refractivity contribution is 0.0696. The maximum absolute atomic E-state index is 10.9. The van der Waals surface area contributed by atoms with Crippen molar-refractivity contribution in [2.24, 2.45) is 0 Å². The molecular formula is C22H28N2O4. The van der Waals surface area contributed by atoms with E-state index in [1.165, 1.54) is 37.7 Å². The van der Waals surface area contributed by atoms with Crippen molar-refractivity contribution in [2.75, 3.05) is 26.2 Å². The number of aromatic carboxylic acids is 2. The number of rotatable bonds is 5. The van der Waals surface area contributed by atoms with Crippen molar-refractivity contribution in [2.45, 2.75) is 26.8 Å². The van der Waals surface area contributed by atoms with Gasteiger partial charge in [0.25, 0.3) is 0 Å². The number of carboxylic acids is 2. The van der Waals surface area contributed by atoms with E-state index in [9.17, 15) is 9.59 Å². The minimum Gasteiger partial charge on any atom is -0.478 e. The number of carboxylic acid groups (broad SMARTS) is 2. The number of carbonyl (C=O) groups is 2. The molecule has 1 fully saturated rings. The number of nitrogens with zero attached hydrogens (tertiary/aromatic N) is 1. The van der Waals surface area contributed by atoms with Crippen LogP contribution in [0.2, 0.25) is 0 Å². The van der Waals surface area contributed by atoms with Gasteiger partial charge < -0.3 is 15.5 Å². The lowest BCUT2D eigenvalue weighted by atomic mass is 9.97. The number of nitrogens with one attached hydrogen (secondary N) is 1. The molecule has 0 radical (unpaired) electrons. The third kappa shape index (κ3) is 6.18. The van der Waals surface area contributed by atoms with Crippen LogP contribution in [-0.4, -0.2) is 53.2 Å². The van der Waals surface area contributed by atoms with Gasteiger partial charge in [0, 0.05) is 32.7 Å². The van der Waals surface area contributed by atoms with Gasteiger partial charge in [-0.15, -0.1) is 0 Å². The molecule has 150 valence electrons. The van der Waals surface area contributed by atoms with E-state index in [1.54, 1.807) is 0 Å². The first-order valence-corrected chi connectivity index (χ1v) is 9.49. The fraction of sp³-hybridized carbons (Fsp3) is 0.364. The first kappa shape index (κ1) is 21.6. The largest absolute Gasteiger partial charge is 0.478 e. The van der Waals surface area contributed by atoms with E-state index in [4.69, 9.17) is 10.2 Å². The van der Waals surface area contributed by atoms with Gasteiger partial charge in [-0.25, -0.2) is 9.59 Å². The monoisotopic (exact) mass is 384 g/mol. The summed E-state index contributed by atoms with van der Waals surface area (Å²) in [6, 6.07) is 13.7. The fourth-order valence-electron chi connectivity index (χ4n) is 3.13. The Morgan fingerprint density at radius 1 is 0.964 bits per heavy atom. The van der Waals surface area contributed by atoms with Crippen LogP contribution >= 0.6 is 0 Å². The van der Waals surface area contributed by atoms with Gasteiger partial charge >= 0.3 is 11.9 Å². The zero-order valence-corrected chi connectivity index (χ0v) is 16.4. The Labute approximate surface area is 165 Å². The number of aryl methyl sites for hydroxylation is 1. The number of piperazine rings is 1. The van der Waals surface area contributed by atoms with Crippen LogP contribution in [-0.2, 0) is 13.0 Å². The highest BCUT2D eigenvalue weighted by atomic mass is 16.4. The normalized spacial score (nSPS) is 14.1. The molecule has 1 saturated heterocycles. The highest BCUT2D eigenvalue weighted by molar-refractivity contribution is 5.96. The molecule has 28 heavy (non-hydrogen) atoms. The molecule has 3 N–H and O–H groups in total. The Balaban J connectivity index is 0.000000202. The van der Waals surface area contributed by atoms with Gasteiger partial charge in [-0.3, -0.25) is 4.90 Å². The third-order valence-electron chi connectivity index (χ3n) is 4.80. The fourth-order valence-corrected chi connectivity index (χ4v) is 3.13. The quantitative estimate of drug-likeness (QED) is 0.734. The van der Waals surface area contributed by atoms with Gasteiger partial charge in [0.15, 0.2) is 0 Å². The summed E-state index contributed by atoms with van der Waals surface area (Å²) in [5.74, 6) is -2.18. The Morgan fingerprint density at radius 2 is 1.50 bits per heavy atom. The molecule has 3 rings (SSSR count). The number of benzene rings is 2. The Kier molecular flexibility index (Phi) is 8.17. The van der Waals surface area contributed by atoms with E-state index < -0.39 is 11.9 Å². The van der Waals surface area contributed by atoms with E-state index in [0.717, 1.165) is 25.2 Å². The molecule has 2 aromatic rings. The zero-order chi connectivity index (χ0) is 20.5. The SMILES string of the molecule is CCc1cc(C(=O)O)c(C)c(C(=O)O)c1.c1ccc(CN2CCNCC2)cc1. The second kappa shape index (κ2) is 10.6. The van der Waals surface area contributed by atoms with Crippen LogP contribution in [0.5, 0.6) is 0 Å². The van der Waals surface area contributed by atoms with Crippen LogP contribution in [0, 0.1) is 6.92 Å². The molecule has 0 saturated carbocycles. The lowest BCUT2D eigenvalue weighted by Crippen LogP contribution is -2.42. The maximum Gasteiger partial charge on any atom is 0.335 e. The molecule has 6 nitrogen and oxygen atoms in total. The van der Waals surface area contributed by atoms with Crippen molar-refractivity contribution in [3.63, 3.8) is 0 Å².